The standard InChI is InChI=1S/C9H5N3O/c13-8-2-1-7-9-6(10-5-11-9)3-4-12(7)8/h1-5H. The van der Waals surface area contributed by atoms with Crippen molar-refractivity contribution in [3.8, 4) is 11.4 Å². The smallest absolute Gasteiger partial charge is 0.255 e. The lowest BCUT2D eigenvalue weighted by Gasteiger charge is -2.04. The van der Waals surface area contributed by atoms with E-state index in [0.29, 0.717) is 0 Å². The third-order valence-electron chi connectivity index (χ3n) is 2.13. The molecule has 0 amide bonds. The van der Waals surface area contributed by atoms with Gasteiger partial charge in [0.05, 0.1) is 11.4 Å². The fraction of sp³-hybridized carbons (Fsp3) is 0. The normalized spacial score (nSPS) is 14.0. The van der Waals surface area contributed by atoms with Crippen LogP contribution < -0.4 is 0 Å². The van der Waals surface area contributed by atoms with Gasteiger partial charge in [0.25, 0.3) is 5.91 Å². The number of hydrogen-bond acceptors (Lipinski definition) is 3. The van der Waals surface area contributed by atoms with Crippen LogP contribution >= 0.6 is 0 Å². The van der Waals surface area contributed by atoms with Crippen molar-refractivity contribution in [2.75, 3.05) is 0 Å². The SMILES string of the molecule is O=C1C=Cc2c3ncnc-3ccn21. The van der Waals surface area contributed by atoms with Crippen molar-refractivity contribution < 1.29 is 4.79 Å². The highest BCUT2D eigenvalue weighted by Gasteiger charge is 2.18. The molecule has 3 aliphatic rings. The van der Waals surface area contributed by atoms with E-state index in [1.54, 1.807) is 22.9 Å². The molecule has 0 aromatic heterocycles. The van der Waals surface area contributed by atoms with E-state index in [2.05, 4.69) is 9.97 Å². The van der Waals surface area contributed by atoms with Gasteiger partial charge in [-0.15, -0.1) is 0 Å². The second kappa shape index (κ2) is 2.04. The van der Waals surface area contributed by atoms with Crippen molar-refractivity contribution in [3.63, 3.8) is 0 Å². The van der Waals surface area contributed by atoms with E-state index in [4.69, 9.17) is 0 Å². The third-order valence-corrected chi connectivity index (χ3v) is 2.13. The molecule has 0 N–H and O–H groups in total. The van der Waals surface area contributed by atoms with Crippen molar-refractivity contribution >= 4 is 12.0 Å². The molecule has 0 spiro atoms. The molecule has 3 rings (SSSR count). The Morgan fingerprint density at radius 2 is 2.15 bits per heavy atom. The molecule has 0 fully saturated rings. The maximum Gasteiger partial charge on any atom is 0.255 e. The molecule has 0 aromatic rings. The number of aromatic nitrogens is 3. The summed E-state index contributed by atoms with van der Waals surface area (Å²) in [7, 11) is 0. The van der Waals surface area contributed by atoms with Crippen LogP contribution in [-0.2, 0) is 0 Å². The minimum Gasteiger partial charge on any atom is -0.282 e. The number of imidazole rings is 1. The molecule has 13 heavy (non-hydrogen) atoms. The Hall–Kier alpha value is -1.97. The predicted octanol–water partition coefficient (Wildman–Crippen LogP) is 1.05. The van der Waals surface area contributed by atoms with E-state index in [0.717, 1.165) is 17.1 Å². The van der Waals surface area contributed by atoms with Gasteiger partial charge in [-0.05, 0) is 12.1 Å². The molecule has 0 saturated carbocycles. The highest BCUT2D eigenvalue weighted by molar-refractivity contribution is 6.01. The number of pyridine rings is 1. The zero-order chi connectivity index (χ0) is 8.84. The molecule has 0 atom stereocenters. The quantitative estimate of drug-likeness (QED) is 0.595. The fourth-order valence-electron chi connectivity index (χ4n) is 1.52. The van der Waals surface area contributed by atoms with Crippen molar-refractivity contribution in [3.05, 3.63) is 30.4 Å². The van der Waals surface area contributed by atoms with Gasteiger partial charge in [0, 0.05) is 12.3 Å². The zero-order valence-corrected chi connectivity index (χ0v) is 6.64. The molecule has 3 aliphatic heterocycles. The summed E-state index contributed by atoms with van der Waals surface area (Å²) >= 11 is 0. The van der Waals surface area contributed by atoms with Crippen LogP contribution in [0.1, 0.15) is 10.5 Å². The van der Waals surface area contributed by atoms with Gasteiger partial charge < -0.3 is 0 Å². The summed E-state index contributed by atoms with van der Waals surface area (Å²) in [6, 6.07) is 1.79. The highest BCUT2D eigenvalue weighted by atomic mass is 16.2. The molecule has 4 heteroatoms. The number of carbonyl (C=O) groups excluding carboxylic acids is 1. The number of hydrogen-bond donors (Lipinski definition) is 0. The summed E-state index contributed by atoms with van der Waals surface area (Å²) < 4.78 is 1.57. The minimum atomic E-state index is -0.0279. The molecule has 3 heterocycles. The number of carbonyl (C=O) groups is 1. The summed E-state index contributed by atoms with van der Waals surface area (Å²) in [6.07, 6.45) is 6.51. The van der Waals surface area contributed by atoms with Gasteiger partial charge in [-0.2, -0.15) is 0 Å². The lowest BCUT2D eigenvalue weighted by atomic mass is 10.2. The van der Waals surface area contributed by atoms with E-state index >= 15 is 0 Å². The first-order valence-electron chi connectivity index (χ1n) is 3.91. The van der Waals surface area contributed by atoms with Gasteiger partial charge in [-0.1, -0.05) is 0 Å². The first-order valence-corrected chi connectivity index (χ1v) is 3.91. The molecular formula is C9H5N3O. The van der Waals surface area contributed by atoms with E-state index in [-0.39, 0.29) is 5.91 Å². The maximum absolute atomic E-state index is 11.3. The molecule has 0 saturated heterocycles. The van der Waals surface area contributed by atoms with Crippen LogP contribution in [0, 0.1) is 0 Å². The van der Waals surface area contributed by atoms with Gasteiger partial charge in [0.1, 0.15) is 12.0 Å². The zero-order valence-electron chi connectivity index (χ0n) is 6.64. The first-order chi connectivity index (χ1) is 6.36. The number of fused-ring (bicyclic) bond motifs is 3. The van der Waals surface area contributed by atoms with Crippen molar-refractivity contribution in [1.29, 1.82) is 0 Å². The highest BCUT2D eigenvalue weighted by Crippen LogP contribution is 2.25. The second-order valence-electron chi connectivity index (χ2n) is 2.85. The van der Waals surface area contributed by atoms with Crippen LogP contribution in [0.5, 0.6) is 0 Å². The largest absolute Gasteiger partial charge is 0.282 e. The van der Waals surface area contributed by atoms with Crippen molar-refractivity contribution in [2.24, 2.45) is 0 Å². The summed E-state index contributed by atoms with van der Waals surface area (Å²) in [6.45, 7) is 0. The van der Waals surface area contributed by atoms with Gasteiger partial charge in [-0.3, -0.25) is 9.36 Å². The monoisotopic (exact) mass is 171 g/mol. The van der Waals surface area contributed by atoms with E-state index in [1.807, 2.05) is 0 Å². The van der Waals surface area contributed by atoms with E-state index in [9.17, 15) is 4.79 Å². The van der Waals surface area contributed by atoms with Crippen molar-refractivity contribution in [1.82, 2.24) is 14.5 Å². The Balaban J connectivity index is 2.45. The minimum absolute atomic E-state index is 0.0279. The van der Waals surface area contributed by atoms with Gasteiger partial charge in [0.2, 0.25) is 0 Å². The second-order valence-corrected chi connectivity index (χ2v) is 2.85. The number of nitrogens with zero attached hydrogens (tertiary/aromatic N) is 3. The Morgan fingerprint density at radius 1 is 1.23 bits per heavy atom. The topological polar surface area (TPSA) is 47.8 Å². The predicted molar refractivity (Wildman–Crippen MR) is 46.3 cm³/mol. The van der Waals surface area contributed by atoms with Crippen LogP contribution in [0.3, 0.4) is 0 Å². The summed E-state index contributed by atoms with van der Waals surface area (Å²) in [4.78, 5) is 19.4. The van der Waals surface area contributed by atoms with E-state index in [1.165, 1.54) is 12.4 Å². The van der Waals surface area contributed by atoms with Gasteiger partial charge in [0.15, 0.2) is 0 Å². The van der Waals surface area contributed by atoms with Crippen LogP contribution in [0.25, 0.3) is 17.5 Å². The molecule has 0 aromatic carbocycles. The fourth-order valence-corrected chi connectivity index (χ4v) is 1.52. The van der Waals surface area contributed by atoms with Crippen LogP contribution in [0.4, 0.5) is 0 Å². The first kappa shape index (κ1) is 6.54. The maximum atomic E-state index is 11.3. The van der Waals surface area contributed by atoms with Crippen LogP contribution in [-0.4, -0.2) is 20.4 Å². The Labute approximate surface area is 73.9 Å². The summed E-state index contributed by atoms with van der Waals surface area (Å²) in [5, 5.41) is 0. The Morgan fingerprint density at radius 3 is 3.08 bits per heavy atom. The summed E-state index contributed by atoms with van der Waals surface area (Å²) in [5.74, 6) is -0.0279. The lowest BCUT2D eigenvalue weighted by molar-refractivity contribution is 0.0973. The van der Waals surface area contributed by atoms with Crippen LogP contribution in [0.15, 0.2) is 24.7 Å². The molecule has 0 unspecified atom stereocenters. The summed E-state index contributed by atoms with van der Waals surface area (Å²) in [5.41, 5.74) is 2.43. The Bertz CT molecular complexity index is 498. The average Bonchev–Trinajstić information content (AvgIpc) is 2.70. The number of rotatable bonds is 0. The van der Waals surface area contributed by atoms with E-state index < -0.39 is 0 Å². The molecule has 0 bridgehead atoms. The van der Waals surface area contributed by atoms with Crippen LogP contribution in [0.2, 0.25) is 0 Å². The third kappa shape index (κ3) is 0.717. The number of allylic oxidation sites excluding steroid dienone is 1. The van der Waals surface area contributed by atoms with Gasteiger partial charge in [-0.25, -0.2) is 9.97 Å². The Kier molecular flexibility index (Phi) is 1.02. The van der Waals surface area contributed by atoms with Gasteiger partial charge >= 0.3 is 0 Å². The van der Waals surface area contributed by atoms with Crippen molar-refractivity contribution in [2.45, 2.75) is 0 Å². The molecule has 0 aliphatic carbocycles. The molecule has 0 radical (unpaired) electrons. The lowest BCUT2D eigenvalue weighted by Crippen LogP contribution is -2.06. The molecule has 62 valence electrons. The average molecular weight is 171 g/mol. The molecular weight excluding hydrogens is 166 g/mol. The molecule has 4 nitrogen and oxygen atoms in total.